The monoisotopic (exact) mass is 266 g/mol. The highest BCUT2D eigenvalue weighted by atomic mass is 19.1. The number of halogens is 1. The zero-order valence-corrected chi connectivity index (χ0v) is 11.5. The third kappa shape index (κ3) is 4.05. The molecule has 19 heavy (non-hydrogen) atoms. The van der Waals surface area contributed by atoms with Crippen LogP contribution in [0.25, 0.3) is 0 Å². The second-order valence-corrected chi connectivity index (χ2v) is 4.26. The van der Waals surface area contributed by atoms with Gasteiger partial charge in [-0.2, -0.15) is 0 Å². The summed E-state index contributed by atoms with van der Waals surface area (Å²) < 4.78 is 13.7. The second kappa shape index (κ2) is 6.87. The smallest absolute Gasteiger partial charge is 0.257 e. The van der Waals surface area contributed by atoms with Crippen LogP contribution in [-0.2, 0) is 4.79 Å². The Morgan fingerprint density at radius 3 is 2.58 bits per heavy atom. The van der Waals surface area contributed by atoms with E-state index >= 15 is 0 Å². The van der Waals surface area contributed by atoms with Crippen LogP contribution in [0.4, 0.5) is 4.39 Å². The first-order valence-electron chi connectivity index (χ1n) is 6.31. The lowest BCUT2D eigenvalue weighted by atomic mass is 10.1. The Morgan fingerprint density at radius 1 is 1.32 bits per heavy atom. The van der Waals surface area contributed by atoms with E-state index in [1.807, 2.05) is 0 Å². The molecule has 5 heteroatoms. The van der Waals surface area contributed by atoms with Gasteiger partial charge in [0, 0.05) is 13.1 Å². The number of carbonyl (C=O) groups is 2. The third-order valence-corrected chi connectivity index (χ3v) is 2.73. The van der Waals surface area contributed by atoms with Crippen LogP contribution in [0, 0.1) is 12.7 Å². The number of rotatable bonds is 5. The van der Waals surface area contributed by atoms with Crippen molar-refractivity contribution in [3.63, 3.8) is 0 Å². The summed E-state index contributed by atoms with van der Waals surface area (Å²) in [7, 11) is 0. The highest BCUT2D eigenvalue weighted by Gasteiger charge is 2.20. The van der Waals surface area contributed by atoms with E-state index in [1.54, 1.807) is 26.8 Å². The van der Waals surface area contributed by atoms with Gasteiger partial charge in [0.15, 0.2) is 0 Å². The molecule has 1 rings (SSSR count). The number of aryl methyl sites for hydroxylation is 1. The Hall–Kier alpha value is -1.91. The highest BCUT2D eigenvalue weighted by Crippen LogP contribution is 2.12. The van der Waals surface area contributed by atoms with Gasteiger partial charge in [-0.25, -0.2) is 4.39 Å². The Morgan fingerprint density at radius 2 is 2.00 bits per heavy atom. The fraction of sp³-hybridized carbons (Fsp3) is 0.429. The SMILES string of the molecule is CCNC(=O)CN(CC)C(=O)c1cc(C)ccc1F. The number of nitrogens with one attached hydrogen (secondary N) is 1. The van der Waals surface area contributed by atoms with Crippen molar-refractivity contribution in [1.29, 1.82) is 0 Å². The number of benzene rings is 1. The Bertz CT molecular complexity index is 475. The normalized spacial score (nSPS) is 10.1. The lowest BCUT2D eigenvalue weighted by Gasteiger charge is -2.20. The van der Waals surface area contributed by atoms with Crippen LogP contribution in [0.1, 0.15) is 29.8 Å². The standard InChI is InChI=1S/C14H19FN2O2/c1-4-16-13(18)9-17(5-2)14(19)11-8-10(3)6-7-12(11)15/h6-8H,4-5,9H2,1-3H3,(H,16,18). The Balaban J connectivity index is 2.89. The molecule has 0 bridgehead atoms. The van der Waals surface area contributed by atoms with E-state index in [9.17, 15) is 14.0 Å². The third-order valence-electron chi connectivity index (χ3n) is 2.73. The summed E-state index contributed by atoms with van der Waals surface area (Å²) in [4.78, 5) is 25.0. The largest absolute Gasteiger partial charge is 0.355 e. The van der Waals surface area contributed by atoms with Crippen LogP contribution in [0.2, 0.25) is 0 Å². The quantitative estimate of drug-likeness (QED) is 0.882. The molecule has 0 aliphatic carbocycles. The average Bonchev–Trinajstić information content (AvgIpc) is 2.38. The van der Waals surface area contributed by atoms with E-state index in [1.165, 1.54) is 17.0 Å². The van der Waals surface area contributed by atoms with Crippen LogP contribution >= 0.6 is 0 Å². The molecule has 4 nitrogen and oxygen atoms in total. The van der Waals surface area contributed by atoms with Gasteiger partial charge in [-0.3, -0.25) is 9.59 Å². The van der Waals surface area contributed by atoms with Gasteiger partial charge >= 0.3 is 0 Å². The van der Waals surface area contributed by atoms with E-state index in [0.717, 1.165) is 5.56 Å². The number of nitrogens with zero attached hydrogens (tertiary/aromatic N) is 1. The number of amides is 2. The van der Waals surface area contributed by atoms with Crippen LogP contribution in [0.3, 0.4) is 0 Å². The molecular formula is C14H19FN2O2. The van der Waals surface area contributed by atoms with E-state index < -0.39 is 11.7 Å². The zero-order valence-electron chi connectivity index (χ0n) is 11.5. The molecule has 0 spiro atoms. The van der Waals surface area contributed by atoms with Crippen molar-refractivity contribution in [3.8, 4) is 0 Å². The molecular weight excluding hydrogens is 247 g/mol. The minimum absolute atomic E-state index is 0.00569. The van der Waals surface area contributed by atoms with Gasteiger partial charge in [-0.05, 0) is 32.9 Å². The molecule has 0 fully saturated rings. The Kier molecular flexibility index (Phi) is 5.48. The molecule has 0 heterocycles. The van der Waals surface area contributed by atoms with Gasteiger partial charge in [-0.15, -0.1) is 0 Å². The average molecular weight is 266 g/mol. The maximum Gasteiger partial charge on any atom is 0.257 e. The van der Waals surface area contributed by atoms with Crippen LogP contribution in [-0.4, -0.2) is 36.3 Å². The lowest BCUT2D eigenvalue weighted by Crippen LogP contribution is -2.40. The molecule has 2 amide bonds. The van der Waals surface area contributed by atoms with Crippen molar-refractivity contribution < 1.29 is 14.0 Å². The second-order valence-electron chi connectivity index (χ2n) is 4.26. The molecule has 1 aromatic carbocycles. The number of likely N-dealkylation sites (N-methyl/N-ethyl adjacent to an activating group) is 2. The number of hydrogen-bond acceptors (Lipinski definition) is 2. The van der Waals surface area contributed by atoms with Crippen molar-refractivity contribution in [2.75, 3.05) is 19.6 Å². The lowest BCUT2D eigenvalue weighted by molar-refractivity contribution is -0.121. The van der Waals surface area contributed by atoms with Gasteiger partial charge in [0.2, 0.25) is 5.91 Å². The molecule has 0 atom stereocenters. The van der Waals surface area contributed by atoms with E-state index in [-0.39, 0.29) is 18.0 Å². The fourth-order valence-corrected chi connectivity index (χ4v) is 1.73. The topological polar surface area (TPSA) is 49.4 Å². The van der Waals surface area contributed by atoms with E-state index in [4.69, 9.17) is 0 Å². The van der Waals surface area contributed by atoms with Crippen molar-refractivity contribution in [2.24, 2.45) is 0 Å². The van der Waals surface area contributed by atoms with E-state index in [2.05, 4.69) is 5.32 Å². The van der Waals surface area contributed by atoms with Gasteiger partial charge in [0.05, 0.1) is 12.1 Å². The zero-order chi connectivity index (χ0) is 14.4. The maximum atomic E-state index is 13.7. The predicted molar refractivity (Wildman–Crippen MR) is 71.4 cm³/mol. The molecule has 0 saturated heterocycles. The minimum atomic E-state index is -0.565. The molecule has 0 aliphatic heterocycles. The Labute approximate surface area is 112 Å². The molecule has 0 radical (unpaired) electrons. The maximum absolute atomic E-state index is 13.7. The van der Waals surface area contributed by atoms with Crippen molar-refractivity contribution in [1.82, 2.24) is 10.2 Å². The summed E-state index contributed by atoms with van der Waals surface area (Å²) >= 11 is 0. The first kappa shape index (κ1) is 15.1. The molecule has 0 saturated carbocycles. The van der Waals surface area contributed by atoms with Gasteiger partial charge in [-0.1, -0.05) is 11.6 Å². The summed E-state index contributed by atoms with van der Waals surface area (Å²) in [6.45, 7) is 6.14. The van der Waals surface area contributed by atoms with Crippen LogP contribution < -0.4 is 5.32 Å². The summed E-state index contributed by atoms with van der Waals surface area (Å²) in [5.41, 5.74) is 0.810. The first-order chi connectivity index (χ1) is 8.99. The van der Waals surface area contributed by atoms with Crippen molar-refractivity contribution >= 4 is 11.8 Å². The van der Waals surface area contributed by atoms with Gasteiger partial charge in [0.25, 0.3) is 5.91 Å². The molecule has 1 aromatic rings. The molecule has 0 unspecified atom stereocenters. The predicted octanol–water partition coefficient (Wildman–Crippen LogP) is 1.73. The van der Waals surface area contributed by atoms with Crippen LogP contribution in [0.15, 0.2) is 18.2 Å². The molecule has 1 N–H and O–H groups in total. The summed E-state index contributed by atoms with van der Waals surface area (Å²) in [6, 6.07) is 4.37. The van der Waals surface area contributed by atoms with Crippen molar-refractivity contribution in [3.05, 3.63) is 35.1 Å². The highest BCUT2D eigenvalue weighted by molar-refractivity contribution is 5.96. The molecule has 104 valence electrons. The van der Waals surface area contributed by atoms with E-state index in [0.29, 0.717) is 13.1 Å². The summed E-state index contributed by atoms with van der Waals surface area (Å²) in [5, 5.41) is 2.62. The summed E-state index contributed by atoms with van der Waals surface area (Å²) in [6.07, 6.45) is 0. The number of hydrogen-bond donors (Lipinski definition) is 1. The fourth-order valence-electron chi connectivity index (χ4n) is 1.73. The molecule has 0 aliphatic rings. The minimum Gasteiger partial charge on any atom is -0.355 e. The van der Waals surface area contributed by atoms with Crippen LogP contribution in [0.5, 0.6) is 0 Å². The first-order valence-corrected chi connectivity index (χ1v) is 6.31. The van der Waals surface area contributed by atoms with Gasteiger partial charge in [0.1, 0.15) is 5.82 Å². The number of carbonyl (C=O) groups excluding carboxylic acids is 2. The van der Waals surface area contributed by atoms with Gasteiger partial charge < -0.3 is 10.2 Å². The molecule has 0 aromatic heterocycles. The summed E-state index contributed by atoms with van der Waals surface area (Å²) in [5.74, 6) is -1.27. The van der Waals surface area contributed by atoms with Crippen molar-refractivity contribution in [2.45, 2.75) is 20.8 Å².